The number of rotatable bonds is 3. The van der Waals surface area contributed by atoms with Gasteiger partial charge in [0, 0.05) is 38.6 Å². The minimum atomic E-state index is -3.71. The lowest BCUT2D eigenvalue weighted by Crippen LogP contribution is -2.37. The summed E-state index contributed by atoms with van der Waals surface area (Å²) < 4.78 is 40.4. The molecule has 1 aliphatic rings. The van der Waals surface area contributed by atoms with Crippen molar-refractivity contribution in [3.05, 3.63) is 53.6 Å². The van der Waals surface area contributed by atoms with Gasteiger partial charge in [-0.25, -0.2) is 12.8 Å². The SMILES string of the molecule is Cc1cc(S(=O)(=O)N2CCCN(C(=O)c3cc[nH]c3)CC2)ccc1F. The van der Waals surface area contributed by atoms with Crippen LogP contribution in [0.2, 0.25) is 0 Å². The maximum atomic E-state index is 13.4. The Labute approximate surface area is 146 Å². The summed E-state index contributed by atoms with van der Waals surface area (Å²) in [4.78, 5) is 17.0. The average Bonchev–Trinajstić information content (AvgIpc) is 3.00. The molecular weight excluding hydrogens is 345 g/mol. The van der Waals surface area contributed by atoms with E-state index in [0.717, 1.165) is 0 Å². The van der Waals surface area contributed by atoms with E-state index in [1.165, 1.54) is 29.4 Å². The number of aromatic amines is 1. The first-order valence-electron chi connectivity index (χ1n) is 8.08. The smallest absolute Gasteiger partial charge is 0.255 e. The van der Waals surface area contributed by atoms with Gasteiger partial charge in [0.15, 0.2) is 0 Å². The second-order valence-corrected chi connectivity index (χ2v) is 8.00. The number of carbonyl (C=O) groups is 1. The zero-order chi connectivity index (χ0) is 18.0. The molecule has 0 spiro atoms. The molecule has 1 saturated heterocycles. The maximum absolute atomic E-state index is 13.4. The van der Waals surface area contributed by atoms with Crippen molar-refractivity contribution in [3.8, 4) is 0 Å². The van der Waals surface area contributed by atoms with Crippen molar-refractivity contribution in [2.45, 2.75) is 18.2 Å². The third-order valence-corrected chi connectivity index (χ3v) is 6.25. The minimum Gasteiger partial charge on any atom is -0.367 e. The van der Waals surface area contributed by atoms with Crippen LogP contribution >= 0.6 is 0 Å². The molecule has 1 aromatic carbocycles. The molecule has 3 rings (SSSR count). The first-order chi connectivity index (χ1) is 11.9. The summed E-state index contributed by atoms with van der Waals surface area (Å²) in [6.07, 6.45) is 3.86. The monoisotopic (exact) mass is 365 g/mol. The molecule has 134 valence electrons. The number of hydrogen-bond donors (Lipinski definition) is 1. The van der Waals surface area contributed by atoms with Gasteiger partial charge < -0.3 is 9.88 Å². The van der Waals surface area contributed by atoms with Gasteiger partial charge in [0.2, 0.25) is 10.0 Å². The lowest BCUT2D eigenvalue weighted by molar-refractivity contribution is 0.0764. The highest BCUT2D eigenvalue weighted by atomic mass is 32.2. The van der Waals surface area contributed by atoms with E-state index >= 15 is 0 Å². The predicted octanol–water partition coefficient (Wildman–Crippen LogP) is 2.00. The fourth-order valence-corrected chi connectivity index (χ4v) is 4.46. The second-order valence-electron chi connectivity index (χ2n) is 6.06. The van der Waals surface area contributed by atoms with Gasteiger partial charge in [-0.2, -0.15) is 4.31 Å². The number of nitrogens with zero attached hydrogens (tertiary/aromatic N) is 2. The van der Waals surface area contributed by atoms with Gasteiger partial charge >= 0.3 is 0 Å². The second kappa shape index (κ2) is 6.97. The first kappa shape index (κ1) is 17.6. The molecular formula is C17H20FN3O3S. The lowest BCUT2D eigenvalue weighted by atomic mass is 10.2. The van der Waals surface area contributed by atoms with E-state index in [2.05, 4.69) is 4.98 Å². The molecule has 2 heterocycles. The quantitative estimate of drug-likeness (QED) is 0.904. The summed E-state index contributed by atoms with van der Waals surface area (Å²) in [5.74, 6) is -0.545. The summed E-state index contributed by atoms with van der Waals surface area (Å²) >= 11 is 0. The third-order valence-electron chi connectivity index (χ3n) is 4.35. The molecule has 0 aliphatic carbocycles. The van der Waals surface area contributed by atoms with E-state index < -0.39 is 15.8 Å². The van der Waals surface area contributed by atoms with Gasteiger partial charge in [-0.05, 0) is 43.2 Å². The maximum Gasteiger partial charge on any atom is 0.255 e. The van der Waals surface area contributed by atoms with Crippen molar-refractivity contribution in [3.63, 3.8) is 0 Å². The molecule has 0 unspecified atom stereocenters. The van der Waals surface area contributed by atoms with E-state index in [-0.39, 0.29) is 17.3 Å². The molecule has 0 saturated carbocycles. The number of sulfonamides is 1. The van der Waals surface area contributed by atoms with Gasteiger partial charge in [0.1, 0.15) is 5.82 Å². The molecule has 1 fully saturated rings. The number of amides is 1. The third kappa shape index (κ3) is 3.59. The number of aryl methyl sites for hydroxylation is 1. The van der Waals surface area contributed by atoms with Gasteiger partial charge in [-0.15, -0.1) is 0 Å². The topological polar surface area (TPSA) is 73.5 Å². The Morgan fingerprint density at radius 3 is 2.64 bits per heavy atom. The summed E-state index contributed by atoms with van der Waals surface area (Å²) in [5, 5.41) is 0. The van der Waals surface area contributed by atoms with Crippen LogP contribution in [-0.4, -0.2) is 54.7 Å². The van der Waals surface area contributed by atoms with E-state index in [9.17, 15) is 17.6 Å². The number of H-pyrrole nitrogens is 1. The fraction of sp³-hybridized carbons (Fsp3) is 0.353. The van der Waals surface area contributed by atoms with Crippen LogP contribution in [-0.2, 0) is 10.0 Å². The standard InChI is InChI=1S/C17H20FN3O3S/c1-13-11-15(3-4-16(13)18)25(23,24)21-8-2-7-20(9-10-21)17(22)14-5-6-19-12-14/h3-6,11-12,19H,2,7-10H2,1H3. The molecule has 1 aliphatic heterocycles. The van der Waals surface area contributed by atoms with E-state index in [1.807, 2.05) is 0 Å². The van der Waals surface area contributed by atoms with Crippen LogP contribution in [0.4, 0.5) is 4.39 Å². The van der Waals surface area contributed by atoms with Crippen molar-refractivity contribution in [2.24, 2.45) is 0 Å². The molecule has 2 aromatic rings. The molecule has 0 bridgehead atoms. The molecule has 1 aromatic heterocycles. The Kier molecular flexibility index (Phi) is 4.91. The molecule has 0 atom stereocenters. The van der Waals surface area contributed by atoms with Crippen LogP contribution in [0.3, 0.4) is 0 Å². The fourth-order valence-electron chi connectivity index (χ4n) is 2.90. The highest BCUT2D eigenvalue weighted by Gasteiger charge is 2.29. The highest BCUT2D eigenvalue weighted by Crippen LogP contribution is 2.20. The molecule has 8 heteroatoms. The number of benzene rings is 1. The van der Waals surface area contributed by atoms with Crippen molar-refractivity contribution in [1.82, 2.24) is 14.2 Å². The lowest BCUT2D eigenvalue weighted by Gasteiger charge is -2.22. The Balaban J connectivity index is 1.76. The Morgan fingerprint density at radius 2 is 1.96 bits per heavy atom. The largest absolute Gasteiger partial charge is 0.367 e. The van der Waals surface area contributed by atoms with Crippen LogP contribution in [0.1, 0.15) is 22.3 Å². The zero-order valence-corrected chi connectivity index (χ0v) is 14.7. The van der Waals surface area contributed by atoms with E-state index in [4.69, 9.17) is 0 Å². The molecule has 1 N–H and O–H groups in total. The van der Waals surface area contributed by atoms with Crippen molar-refractivity contribution < 1.29 is 17.6 Å². The normalized spacial score (nSPS) is 16.6. The van der Waals surface area contributed by atoms with Crippen molar-refractivity contribution >= 4 is 15.9 Å². The number of halogens is 1. The van der Waals surface area contributed by atoms with E-state index in [1.54, 1.807) is 23.4 Å². The van der Waals surface area contributed by atoms with Crippen LogP contribution in [0, 0.1) is 12.7 Å². The molecule has 1 amide bonds. The highest BCUT2D eigenvalue weighted by molar-refractivity contribution is 7.89. The van der Waals surface area contributed by atoms with Crippen LogP contribution in [0.15, 0.2) is 41.6 Å². The Hall–Kier alpha value is -2.19. The number of hydrogen-bond acceptors (Lipinski definition) is 3. The van der Waals surface area contributed by atoms with Gasteiger partial charge in [0.25, 0.3) is 5.91 Å². The van der Waals surface area contributed by atoms with Crippen molar-refractivity contribution in [1.29, 1.82) is 0 Å². The van der Waals surface area contributed by atoms with Gasteiger partial charge in [0.05, 0.1) is 10.5 Å². The Bertz CT molecular complexity index is 865. The summed E-state index contributed by atoms with van der Waals surface area (Å²) in [5.41, 5.74) is 0.852. The molecule has 25 heavy (non-hydrogen) atoms. The van der Waals surface area contributed by atoms with Gasteiger partial charge in [-0.3, -0.25) is 4.79 Å². The summed E-state index contributed by atoms with van der Waals surface area (Å²) in [6.45, 7) is 2.90. The predicted molar refractivity (Wildman–Crippen MR) is 91.2 cm³/mol. The van der Waals surface area contributed by atoms with Crippen LogP contribution < -0.4 is 0 Å². The van der Waals surface area contributed by atoms with Crippen molar-refractivity contribution in [2.75, 3.05) is 26.2 Å². The molecule has 0 radical (unpaired) electrons. The first-order valence-corrected chi connectivity index (χ1v) is 9.52. The average molecular weight is 365 g/mol. The minimum absolute atomic E-state index is 0.0804. The Morgan fingerprint density at radius 1 is 1.16 bits per heavy atom. The summed E-state index contributed by atoms with van der Waals surface area (Å²) in [7, 11) is -3.71. The number of aromatic nitrogens is 1. The van der Waals surface area contributed by atoms with Crippen LogP contribution in [0.5, 0.6) is 0 Å². The number of nitrogens with one attached hydrogen (secondary N) is 1. The summed E-state index contributed by atoms with van der Waals surface area (Å²) in [6, 6.07) is 5.49. The van der Waals surface area contributed by atoms with Gasteiger partial charge in [-0.1, -0.05) is 0 Å². The van der Waals surface area contributed by atoms with Crippen LogP contribution in [0.25, 0.3) is 0 Å². The number of carbonyl (C=O) groups excluding carboxylic acids is 1. The van der Waals surface area contributed by atoms with E-state index in [0.29, 0.717) is 37.2 Å². The zero-order valence-electron chi connectivity index (χ0n) is 13.9. The molecule has 6 nitrogen and oxygen atoms in total.